The third kappa shape index (κ3) is 7.02. The molecule has 326 valence electrons. The smallest absolute Gasteiger partial charge is 0.348 e. The van der Waals surface area contributed by atoms with E-state index in [9.17, 15) is 35.2 Å². The number of pyridine rings is 1. The maximum atomic E-state index is 15.5. The van der Waals surface area contributed by atoms with Crippen LogP contribution in [0.3, 0.4) is 0 Å². The van der Waals surface area contributed by atoms with Gasteiger partial charge in [-0.1, -0.05) is 23.5 Å². The second-order valence-electron chi connectivity index (χ2n) is 16.8. The summed E-state index contributed by atoms with van der Waals surface area (Å²) in [7, 11) is -2.17. The van der Waals surface area contributed by atoms with Gasteiger partial charge in [-0.05, 0) is 66.8 Å². The number of carbonyl (C=O) groups is 1. The van der Waals surface area contributed by atoms with Gasteiger partial charge >= 0.3 is 6.18 Å². The predicted molar refractivity (Wildman–Crippen MR) is 215 cm³/mol. The van der Waals surface area contributed by atoms with Crippen molar-refractivity contribution in [3.05, 3.63) is 82.3 Å². The van der Waals surface area contributed by atoms with E-state index in [1.165, 1.54) is 16.0 Å². The van der Waals surface area contributed by atoms with Crippen molar-refractivity contribution in [2.75, 3.05) is 42.1 Å². The van der Waals surface area contributed by atoms with Crippen LogP contribution in [0, 0.1) is 23.0 Å². The Kier molecular flexibility index (Phi) is 9.24. The summed E-state index contributed by atoms with van der Waals surface area (Å²) in [6.07, 6.45) is -2.61. The van der Waals surface area contributed by atoms with Crippen molar-refractivity contribution in [2.24, 2.45) is 18.4 Å². The number of sulfonamides is 1. The molecule has 2 aliphatic carbocycles. The van der Waals surface area contributed by atoms with E-state index < -0.39 is 81.0 Å². The number of anilines is 2. The number of benzene rings is 2. The molecule has 62 heavy (non-hydrogen) atoms. The number of rotatable bonds is 10. The van der Waals surface area contributed by atoms with Gasteiger partial charge in [0, 0.05) is 67.3 Å². The lowest BCUT2D eigenvalue weighted by molar-refractivity contribution is -0.142. The van der Waals surface area contributed by atoms with E-state index in [1.54, 1.807) is 31.3 Å². The first kappa shape index (κ1) is 40.7. The number of aromatic nitrogens is 6. The summed E-state index contributed by atoms with van der Waals surface area (Å²) < 4.78 is 133. The zero-order chi connectivity index (χ0) is 43.7. The molecule has 0 bridgehead atoms. The number of hydrogen-bond donors (Lipinski definition) is 3. The van der Waals surface area contributed by atoms with Gasteiger partial charge in [0.1, 0.15) is 23.9 Å². The third-order valence-electron chi connectivity index (χ3n) is 12.5. The zero-order valence-corrected chi connectivity index (χ0v) is 34.6. The summed E-state index contributed by atoms with van der Waals surface area (Å²) in [6.45, 7) is 2.37. The largest absolute Gasteiger partial charge is 0.435 e. The van der Waals surface area contributed by atoms with Crippen molar-refractivity contribution in [1.29, 1.82) is 0 Å². The van der Waals surface area contributed by atoms with Gasteiger partial charge < -0.3 is 15.5 Å². The number of nitrogens with zero attached hydrogens (tertiary/aromatic N) is 7. The lowest BCUT2D eigenvalue weighted by Gasteiger charge is -2.48. The minimum absolute atomic E-state index is 0.0338. The van der Waals surface area contributed by atoms with Crippen molar-refractivity contribution in [2.45, 2.75) is 56.3 Å². The van der Waals surface area contributed by atoms with E-state index in [1.807, 2.05) is 0 Å². The van der Waals surface area contributed by atoms with Crippen LogP contribution in [-0.2, 0) is 46.9 Å². The van der Waals surface area contributed by atoms with Crippen LogP contribution in [-0.4, -0.2) is 76.3 Å². The van der Waals surface area contributed by atoms with E-state index in [4.69, 9.17) is 9.97 Å². The van der Waals surface area contributed by atoms with Crippen LogP contribution in [0.5, 0.6) is 0 Å². The third-order valence-corrected chi connectivity index (χ3v) is 14.1. The number of piperidine rings is 1. The molecule has 6 aromatic rings. The van der Waals surface area contributed by atoms with Crippen LogP contribution < -0.4 is 20.3 Å². The van der Waals surface area contributed by atoms with Gasteiger partial charge in [-0.15, -0.1) is 0 Å². The molecule has 1 unspecified atom stereocenters. The molecule has 13 nitrogen and oxygen atoms in total. The number of amides is 1. The maximum Gasteiger partial charge on any atom is 0.435 e. The molecule has 1 spiro atoms. The maximum absolute atomic E-state index is 15.5. The number of carbonyl (C=O) groups excluding carboxylic acids is 1. The minimum Gasteiger partial charge on any atom is -0.348 e. The normalized spacial score (nSPS) is 20.6. The molecule has 10 rings (SSSR count). The van der Waals surface area contributed by atoms with Gasteiger partial charge in [-0.3, -0.25) is 18.9 Å². The minimum atomic E-state index is -5.06. The Labute approximate surface area is 352 Å². The molecule has 3 fully saturated rings. The topological polar surface area (TPSA) is 152 Å². The average molecular weight is 903 g/mol. The van der Waals surface area contributed by atoms with Crippen molar-refractivity contribution in [3.8, 4) is 11.1 Å². The first-order valence-corrected chi connectivity index (χ1v) is 22.5. The van der Waals surface area contributed by atoms with Crippen LogP contribution in [0.15, 0.2) is 42.5 Å². The van der Waals surface area contributed by atoms with E-state index in [-0.39, 0.29) is 41.0 Å². The van der Waals surface area contributed by atoms with Gasteiger partial charge in [-0.25, -0.2) is 22.2 Å². The van der Waals surface area contributed by atoms with Gasteiger partial charge in [-0.2, -0.15) is 37.1 Å². The van der Waals surface area contributed by atoms with E-state index in [0.29, 0.717) is 42.6 Å². The van der Waals surface area contributed by atoms with E-state index in [2.05, 4.69) is 30.5 Å². The number of alkyl halides is 5. The van der Waals surface area contributed by atoms with Crippen LogP contribution in [0.25, 0.3) is 32.4 Å². The van der Waals surface area contributed by atoms with Crippen molar-refractivity contribution in [1.82, 2.24) is 40.2 Å². The van der Waals surface area contributed by atoms with Crippen molar-refractivity contribution >= 4 is 59.5 Å². The predicted octanol–water partition coefficient (Wildman–Crippen LogP) is 6.61. The number of halogens is 7. The monoisotopic (exact) mass is 902 g/mol. The molecule has 3 N–H and O–H groups in total. The Morgan fingerprint density at radius 2 is 1.76 bits per heavy atom. The fraction of sp³-hybridized carbons (Fsp3) is 0.425. The molecule has 2 saturated heterocycles. The zero-order valence-electron chi connectivity index (χ0n) is 33.0. The summed E-state index contributed by atoms with van der Waals surface area (Å²) in [5.41, 5.74) is -1.06. The molecule has 1 amide bonds. The Hall–Kier alpha value is -5.35. The number of thiazole rings is 1. The van der Waals surface area contributed by atoms with Gasteiger partial charge in [0.25, 0.3) is 5.92 Å². The molecular weight excluding hydrogens is 866 g/mol. The summed E-state index contributed by atoms with van der Waals surface area (Å²) >= 11 is 1.39. The van der Waals surface area contributed by atoms with Crippen molar-refractivity contribution in [3.63, 3.8) is 0 Å². The highest BCUT2D eigenvalue weighted by Gasteiger charge is 2.68. The molecule has 3 atom stereocenters. The molecule has 22 heteroatoms. The summed E-state index contributed by atoms with van der Waals surface area (Å²) in [4.78, 5) is 26.2. The highest BCUT2D eigenvalue weighted by molar-refractivity contribution is 7.92. The van der Waals surface area contributed by atoms with Crippen molar-refractivity contribution < 1.29 is 43.9 Å². The number of para-hydroxylation sites is 1. The SMILES string of the molecule is Cn1nc(NS(C)(=O)=O)c2cccc(-c3cc4sc(N5CCC6(CC5)CNC6)nc4nc3[C@H](Cc3cc(F)cc(F)c3)NC(=O)Cn3nc(C(F)(F)F)c4c3C(F)(F)[C@@H]3CC43)c21. The van der Waals surface area contributed by atoms with E-state index >= 15 is 8.78 Å². The van der Waals surface area contributed by atoms with Gasteiger partial charge in [0.2, 0.25) is 15.9 Å². The molecular formula is C40H37F7N10O3S2. The first-order valence-electron chi connectivity index (χ1n) is 19.8. The summed E-state index contributed by atoms with van der Waals surface area (Å²) in [5, 5.41) is 15.1. The Bertz CT molecular complexity index is 2910. The Morgan fingerprint density at radius 1 is 1.03 bits per heavy atom. The molecule has 0 radical (unpaired) electrons. The molecule has 1 saturated carbocycles. The van der Waals surface area contributed by atoms with Crippen LogP contribution >= 0.6 is 11.3 Å². The molecule has 4 aromatic heterocycles. The number of nitrogens with one attached hydrogen (secondary N) is 3. The Morgan fingerprint density at radius 3 is 2.42 bits per heavy atom. The molecule has 2 aliphatic heterocycles. The highest BCUT2D eigenvalue weighted by Crippen LogP contribution is 2.68. The first-order chi connectivity index (χ1) is 29.3. The lowest BCUT2D eigenvalue weighted by atomic mass is 9.73. The summed E-state index contributed by atoms with van der Waals surface area (Å²) in [6, 6.07) is 8.30. The van der Waals surface area contributed by atoms with Gasteiger partial charge in [0.15, 0.2) is 22.3 Å². The summed E-state index contributed by atoms with van der Waals surface area (Å²) in [5.74, 6) is -8.85. The second-order valence-corrected chi connectivity index (χ2v) is 19.6. The molecule has 4 aliphatic rings. The average Bonchev–Trinajstić information content (AvgIpc) is 3.44. The second kappa shape index (κ2) is 14.1. The van der Waals surface area contributed by atoms with Crippen LogP contribution in [0.1, 0.15) is 59.4 Å². The van der Waals surface area contributed by atoms with Gasteiger partial charge in [0.05, 0.1) is 28.2 Å². The standard InChI is InChI=1S/C40H37F7N10O3S2/c1-55-32-22(4-3-5-23(32)35(53-55)54-62(2,59)60)24-15-28-36(51-37(61-28)56-8-6-38(7-9-56)17-48-18-38)50-31(24)27(12-19-10-20(41)13-21(42)11-19)49-29(58)16-57-34-30(33(52-57)40(45,46)47)25-14-26(25)39(34,43)44/h3-5,10-11,13,15,25-27,48H,6-9,12,14,16-18H2,1-2H3,(H,49,58)(H,53,54)/t25?,26-,27+/m1/s1. The lowest BCUT2D eigenvalue weighted by Crippen LogP contribution is -2.58. The Balaban J connectivity index is 1.11. The molecule has 2 aromatic carbocycles. The fourth-order valence-electron chi connectivity index (χ4n) is 9.44. The quantitative estimate of drug-likeness (QED) is 0.129. The highest BCUT2D eigenvalue weighted by atomic mass is 32.2. The van der Waals surface area contributed by atoms with Crippen LogP contribution in [0.4, 0.5) is 41.7 Å². The van der Waals surface area contributed by atoms with Crippen LogP contribution in [0.2, 0.25) is 0 Å². The number of fused-ring (bicyclic) bond motifs is 5. The molecule has 6 heterocycles. The number of aryl methyl sites for hydroxylation is 1. The number of hydrogen-bond acceptors (Lipinski definition) is 10. The van der Waals surface area contributed by atoms with E-state index in [0.717, 1.165) is 57.4 Å². The fourth-order valence-corrected chi connectivity index (χ4v) is 10.9.